The zero-order valence-corrected chi connectivity index (χ0v) is 17.3. The first-order valence-electron chi connectivity index (χ1n) is 10.4. The molecule has 0 saturated carbocycles. The number of hydrogen-bond donors (Lipinski definition) is 0. The zero-order valence-electron chi connectivity index (χ0n) is 17.3. The third-order valence-electron chi connectivity index (χ3n) is 6.31. The van der Waals surface area contributed by atoms with E-state index in [4.69, 9.17) is 4.74 Å². The maximum Gasteiger partial charge on any atom is 0.142 e. The quantitative estimate of drug-likeness (QED) is 0.786. The Morgan fingerprint density at radius 3 is 2.50 bits per heavy atom. The molecule has 1 fully saturated rings. The van der Waals surface area contributed by atoms with Gasteiger partial charge in [0, 0.05) is 49.7 Å². The third-order valence-corrected chi connectivity index (χ3v) is 6.31. The molecule has 1 aliphatic carbocycles. The summed E-state index contributed by atoms with van der Waals surface area (Å²) in [5, 5.41) is 0. The average Bonchev–Trinajstić information content (AvgIpc) is 2.74. The number of rotatable bonds is 4. The van der Waals surface area contributed by atoms with Crippen LogP contribution in [0.15, 0.2) is 42.6 Å². The van der Waals surface area contributed by atoms with Gasteiger partial charge in [-0.3, -0.25) is 9.88 Å². The van der Waals surface area contributed by atoms with Crippen molar-refractivity contribution in [3.63, 3.8) is 0 Å². The van der Waals surface area contributed by atoms with E-state index in [2.05, 4.69) is 59.0 Å². The highest BCUT2D eigenvalue weighted by atomic mass is 16.5. The van der Waals surface area contributed by atoms with Crippen LogP contribution in [0.4, 0.5) is 5.69 Å². The van der Waals surface area contributed by atoms with Gasteiger partial charge in [-0.2, -0.15) is 0 Å². The lowest BCUT2D eigenvalue weighted by Crippen LogP contribution is -2.50. The molecule has 4 rings (SSSR count). The van der Waals surface area contributed by atoms with Gasteiger partial charge in [0.1, 0.15) is 5.75 Å². The first-order chi connectivity index (χ1) is 13.7. The highest BCUT2D eigenvalue weighted by Crippen LogP contribution is 2.33. The Labute approximate surface area is 168 Å². The molecule has 0 amide bonds. The lowest BCUT2D eigenvalue weighted by molar-refractivity contribution is 0.175. The molecule has 1 atom stereocenters. The van der Waals surface area contributed by atoms with Crippen molar-refractivity contribution >= 4 is 11.3 Å². The van der Waals surface area contributed by atoms with Crippen LogP contribution in [0.2, 0.25) is 0 Å². The molecule has 1 aromatic heterocycles. The summed E-state index contributed by atoms with van der Waals surface area (Å²) in [5.41, 5.74) is 6.60. The Morgan fingerprint density at radius 1 is 1.04 bits per heavy atom. The molecule has 28 heavy (non-hydrogen) atoms. The van der Waals surface area contributed by atoms with Crippen LogP contribution in [0, 0.1) is 13.8 Å². The molecule has 1 saturated heterocycles. The number of aromatic nitrogens is 1. The van der Waals surface area contributed by atoms with Crippen LogP contribution < -0.4 is 9.64 Å². The Morgan fingerprint density at radius 2 is 1.82 bits per heavy atom. The zero-order chi connectivity index (χ0) is 19.5. The number of allylic oxidation sites excluding steroid dienone is 1. The van der Waals surface area contributed by atoms with Crippen LogP contribution in [0.5, 0.6) is 5.75 Å². The molecule has 0 spiro atoms. The molecule has 0 radical (unpaired) electrons. The monoisotopic (exact) mass is 377 g/mol. The maximum absolute atomic E-state index is 5.55. The van der Waals surface area contributed by atoms with Crippen LogP contribution in [0.25, 0.3) is 5.57 Å². The Balaban J connectivity index is 1.38. The third kappa shape index (κ3) is 3.79. The van der Waals surface area contributed by atoms with Gasteiger partial charge >= 0.3 is 0 Å². The Hall–Kier alpha value is -2.33. The highest BCUT2D eigenvalue weighted by molar-refractivity contribution is 5.70. The van der Waals surface area contributed by atoms with E-state index < -0.39 is 0 Å². The molecule has 1 aromatic carbocycles. The van der Waals surface area contributed by atoms with E-state index in [1.807, 2.05) is 12.3 Å². The standard InChI is InChI=1S/C24H31N3O/c1-18-12-13-25-19(2)24(18)20-8-10-21(11-9-20)26-14-16-27(17-15-26)22-6-4-5-7-23(22)28-3/h4-8,12-13,21H,9-11,14-17H2,1-3H3. The second-order valence-electron chi connectivity index (χ2n) is 7.94. The fourth-order valence-corrected chi connectivity index (χ4v) is 4.78. The van der Waals surface area contributed by atoms with Crippen LogP contribution in [-0.4, -0.2) is 49.2 Å². The molecule has 148 valence electrons. The van der Waals surface area contributed by atoms with Crippen molar-refractivity contribution in [2.45, 2.75) is 39.2 Å². The van der Waals surface area contributed by atoms with Gasteiger partial charge in [-0.25, -0.2) is 0 Å². The number of benzene rings is 1. The Bertz CT molecular complexity index is 832. The van der Waals surface area contributed by atoms with Crippen molar-refractivity contribution in [1.29, 1.82) is 0 Å². The fraction of sp³-hybridized carbons (Fsp3) is 0.458. The summed E-state index contributed by atoms with van der Waals surface area (Å²) >= 11 is 0. The molecule has 1 aliphatic heterocycles. The van der Waals surface area contributed by atoms with Crippen molar-refractivity contribution in [1.82, 2.24) is 9.88 Å². The Kier molecular flexibility index (Phi) is 5.67. The molecular formula is C24H31N3O. The number of piperazine rings is 1. The SMILES string of the molecule is COc1ccccc1N1CCN(C2CC=C(c3c(C)ccnc3C)CC2)CC1. The largest absolute Gasteiger partial charge is 0.495 e. The smallest absolute Gasteiger partial charge is 0.142 e. The number of ether oxygens (including phenoxy) is 1. The predicted molar refractivity (Wildman–Crippen MR) is 116 cm³/mol. The minimum absolute atomic E-state index is 0.667. The molecule has 2 aromatic rings. The summed E-state index contributed by atoms with van der Waals surface area (Å²) in [6, 6.07) is 11.2. The van der Waals surface area contributed by atoms with E-state index in [0.717, 1.165) is 50.5 Å². The van der Waals surface area contributed by atoms with Gasteiger partial charge in [0.2, 0.25) is 0 Å². The summed E-state index contributed by atoms with van der Waals surface area (Å²) in [5.74, 6) is 0.975. The van der Waals surface area contributed by atoms with Gasteiger partial charge < -0.3 is 9.64 Å². The summed E-state index contributed by atoms with van der Waals surface area (Å²) in [6.45, 7) is 8.70. The van der Waals surface area contributed by atoms with Crippen molar-refractivity contribution in [2.75, 3.05) is 38.2 Å². The molecule has 0 N–H and O–H groups in total. The molecule has 4 nitrogen and oxygen atoms in total. The van der Waals surface area contributed by atoms with E-state index in [1.54, 1.807) is 7.11 Å². The minimum atomic E-state index is 0.667. The lowest BCUT2D eigenvalue weighted by Gasteiger charge is -2.41. The van der Waals surface area contributed by atoms with E-state index in [0.29, 0.717) is 6.04 Å². The topological polar surface area (TPSA) is 28.6 Å². The molecular weight excluding hydrogens is 346 g/mol. The van der Waals surface area contributed by atoms with E-state index in [1.165, 1.54) is 28.8 Å². The van der Waals surface area contributed by atoms with Gasteiger partial charge in [0.15, 0.2) is 0 Å². The second-order valence-corrected chi connectivity index (χ2v) is 7.94. The number of pyridine rings is 1. The summed E-state index contributed by atoms with van der Waals surface area (Å²) in [4.78, 5) is 9.65. The maximum atomic E-state index is 5.55. The van der Waals surface area contributed by atoms with E-state index in [-0.39, 0.29) is 0 Å². The van der Waals surface area contributed by atoms with Gasteiger partial charge in [0.05, 0.1) is 12.8 Å². The average molecular weight is 378 g/mol. The lowest BCUT2D eigenvalue weighted by atomic mass is 9.87. The first kappa shape index (κ1) is 19.0. The predicted octanol–water partition coefficient (Wildman–Crippen LogP) is 4.47. The second kappa shape index (κ2) is 8.36. The van der Waals surface area contributed by atoms with Crippen molar-refractivity contribution in [3.05, 3.63) is 59.4 Å². The normalized spacial score (nSPS) is 20.8. The van der Waals surface area contributed by atoms with Crippen LogP contribution in [-0.2, 0) is 0 Å². The number of para-hydroxylation sites is 2. The minimum Gasteiger partial charge on any atom is -0.495 e. The van der Waals surface area contributed by atoms with E-state index >= 15 is 0 Å². The molecule has 4 heteroatoms. The van der Waals surface area contributed by atoms with Gasteiger partial charge in [-0.1, -0.05) is 18.2 Å². The number of hydrogen-bond acceptors (Lipinski definition) is 4. The number of aryl methyl sites for hydroxylation is 2. The number of methoxy groups -OCH3 is 1. The van der Waals surface area contributed by atoms with Gasteiger partial charge in [-0.05, 0) is 62.4 Å². The summed E-state index contributed by atoms with van der Waals surface area (Å²) < 4.78 is 5.55. The van der Waals surface area contributed by atoms with Crippen LogP contribution >= 0.6 is 0 Å². The summed E-state index contributed by atoms with van der Waals surface area (Å²) in [7, 11) is 1.76. The molecule has 2 aliphatic rings. The first-order valence-corrected chi connectivity index (χ1v) is 10.4. The van der Waals surface area contributed by atoms with Crippen LogP contribution in [0.1, 0.15) is 36.1 Å². The molecule has 2 heterocycles. The van der Waals surface area contributed by atoms with E-state index in [9.17, 15) is 0 Å². The fourth-order valence-electron chi connectivity index (χ4n) is 4.78. The van der Waals surface area contributed by atoms with Gasteiger partial charge in [0.25, 0.3) is 0 Å². The highest BCUT2D eigenvalue weighted by Gasteiger charge is 2.27. The van der Waals surface area contributed by atoms with Crippen LogP contribution in [0.3, 0.4) is 0 Å². The molecule has 1 unspecified atom stereocenters. The van der Waals surface area contributed by atoms with Crippen molar-refractivity contribution in [2.24, 2.45) is 0 Å². The summed E-state index contributed by atoms with van der Waals surface area (Å²) in [6.07, 6.45) is 7.94. The molecule has 0 bridgehead atoms. The number of nitrogens with zero attached hydrogens (tertiary/aromatic N) is 3. The van der Waals surface area contributed by atoms with Gasteiger partial charge in [-0.15, -0.1) is 0 Å². The number of anilines is 1. The van der Waals surface area contributed by atoms with Crippen molar-refractivity contribution in [3.8, 4) is 5.75 Å². The van der Waals surface area contributed by atoms with Crippen molar-refractivity contribution < 1.29 is 4.74 Å².